The molecular formula is C23H34N4O3S. The summed E-state index contributed by atoms with van der Waals surface area (Å²) in [6.07, 6.45) is 6.63. The zero-order valence-electron chi connectivity index (χ0n) is 18.9. The second kappa shape index (κ2) is 13.0. The molecule has 0 unspecified atom stereocenters. The van der Waals surface area contributed by atoms with Crippen LogP contribution in [0.25, 0.3) is 10.6 Å². The third-order valence-electron chi connectivity index (χ3n) is 5.31. The Labute approximate surface area is 189 Å². The van der Waals surface area contributed by atoms with E-state index in [4.69, 9.17) is 4.74 Å². The molecule has 0 aliphatic rings. The van der Waals surface area contributed by atoms with Crippen LogP contribution in [0.4, 0.5) is 5.13 Å². The maximum absolute atomic E-state index is 12.9. The van der Waals surface area contributed by atoms with Gasteiger partial charge in [-0.25, -0.2) is 0 Å². The number of ether oxygens (including phenoxy) is 1. The van der Waals surface area contributed by atoms with Crippen molar-refractivity contribution in [2.75, 3.05) is 12.4 Å². The van der Waals surface area contributed by atoms with Gasteiger partial charge in [0.25, 0.3) is 0 Å². The van der Waals surface area contributed by atoms with Gasteiger partial charge in [0.1, 0.15) is 16.8 Å². The van der Waals surface area contributed by atoms with Gasteiger partial charge in [-0.15, -0.1) is 10.2 Å². The molecule has 1 aromatic heterocycles. The summed E-state index contributed by atoms with van der Waals surface area (Å²) >= 11 is 1.30. The van der Waals surface area contributed by atoms with Crippen molar-refractivity contribution >= 4 is 28.3 Å². The van der Waals surface area contributed by atoms with Gasteiger partial charge >= 0.3 is 0 Å². The maximum atomic E-state index is 12.9. The number of unbranched alkanes of at least 4 members (excludes halogenated alkanes) is 4. The molecule has 1 heterocycles. The summed E-state index contributed by atoms with van der Waals surface area (Å²) in [5.41, 5.74) is 0.897. The van der Waals surface area contributed by atoms with E-state index in [9.17, 15) is 9.59 Å². The van der Waals surface area contributed by atoms with Gasteiger partial charge in [-0.2, -0.15) is 0 Å². The molecule has 170 valence electrons. The molecule has 0 spiro atoms. The summed E-state index contributed by atoms with van der Waals surface area (Å²) < 4.78 is 5.17. The maximum Gasteiger partial charge on any atom is 0.249 e. The molecule has 2 rings (SSSR count). The second-order valence-corrected chi connectivity index (χ2v) is 8.70. The van der Waals surface area contributed by atoms with E-state index >= 15 is 0 Å². The van der Waals surface area contributed by atoms with E-state index in [1.165, 1.54) is 24.2 Å². The minimum atomic E-state index is -0.596. The van der Waals surface area contributed by atoms with Gasteiger partial charge in [-0.05, 0) is 36.6 Å². The molecule has 0 saturated heterocycles. The summed E-state index contributed by atoms with van der Waals surface area (Å²) in [6.45, 7) is 6.14. The number of nitrogens with one attached hydrogen (secondary N) is 2. The molecule has 7 nitrogen and oxygen atoms in total. The normalized spacial score (nSPS) is 12.8. The largest absolute Gasteiger partial charge is 0.497 e. The molecular weight excluding hydrogens is 412 g/mol. The number of hydrogen-bond acceptors (Lipinski definition) is 6. The monoisotopic (exact) mass is 446 g/mol. The van der Waals surface area contributed by atoms with E-state index in [0.717, 1.165) is 37.0 Å². The molecule has 0 saturated carbocycles. The number of carbonyl (C=O) groups excluding carboxylic acids is 2. The lowest BCUT2D eigenvalue weighted by molar-refractivity contribution is -0.127. The average molecular weight is 447 g/mol. The van der Waals surface area contributed by atoms with Gasteiger partial charge in [0.2, 0.25) is 16.9 Å². The second-order valence-electron chi connectivity index (χ2n) is 7.73. The molecule has 2 N–H and O–H groups in total. The number of methoxy groups -OCH3 is 1. The smallest absolute Gasteiger partial charge is 0.249 e. The highest BCUT2D eigenvalue weighted by atomic mass is 32.1. The molecule has 31 heavy (non-hydrogen) atoms. The minimum Gasteiger partial charge on any atom is -0.497 e. The lowest BCUT2D eigenvalue weighted by Crippen LogP contribution is -2.47. The first-order valence-corrected chi connectivity index (χ1v) is 11.9. The summed E-state index contributed by atoms with van der Waals surface area (Å²) in [5.74, 6) is 0.441. The van der Waals surface area contributed by atoms with Crippen molar-refractivity contribution in [3.05, 3.63) is 24.3 Å². The van der Waals surface area contributed by atoms with E-state index in [2.05, 4.69) is 27.8 Å². The SMILES string of the molecule is CCCCCCCC(=O)N[C@@H](C(=O)Nc1nnc(-c2ccc(OC)cc2)s1)[C@@H](C)CC. The Morgan fingerprint density at radius 1 is 1.06 bits per heavy atom. The Kier molecular flexibility index (Phi) is 10.4. The third kappa shape index (κ3) is 7.94. The summed E-state index contributed by atoms with van der Waals surface area (Å²) in [4.78, 5) is 25.3. The molecule has 2 atom stereocenters. The standard InChI is InChI=1S/C23H34N4O3S/c1-5-7-8-9-10-11-19(28)24-20(16(3)6-2)21(29)25-23-27-26-22(31-23)17-12-14-18(30-4)15-13-17/h12-16,20H,5-11H2,1-4H3,(H,24,28)(H,25,27,29)/t16-,20+/m0/s1. The number of rotatable bonds is 13. The molecule has 0 fully saturated rings. The predicted molar refractivity (Wildman–Crippen MR) is 125 cm³/mol. The van der Waals surface area contributed by atoms with Gasteiger partial charge < -0.3 is 10.1 Å². The van der Waals surface area contributed by atoms with Gasteiger partial charge in [0.05, 0.1) is 7.11 Å². The molecule has 1 aromatic carbocycles. The van der Waals surface area contributed by atoms with Crippen LogP contribution in [0.5, 0.6) is 5.75 Å². The van der Waals surface area contributed by atoms with Crippen molar-refractivity contribution in [2.45, 2.75) is 71.8 Å². The van der Waals surface area contributed by atoms with Crippen LogP contribution in [0, 0.1) is 5.92 Å². The number of nitrogens with zero attached hydrogens (tertiary/aromatic N) is 2. The van der Waals surface area contributed by atoms with Crippen LogP contribution in [0.15, 0.2) is 24.3 Å². The van der Waals surface area contributed by atoms with Crippen LogP contribution in [0.2, 0.25) is 0 Å². The van der Waals surface area contributed by atoms with Crippen molar-refractivity contribution in [3.8, 4) is 16.3 Å². The van der Waals surface area contributed by atoms with Crippen molar-refractivity contribution in [2.24, 2.45) is 5.92 Å². The van der Waals surface area contributed by atoms with Gasteiger partial charge in [-0.3, -0.25) is 14.9 Å². The quantitative estimate of drug-likeness (QED) is 0.420. The highest BCUT2D eigenvalue weighted by molar-refractivity contribution is 7.18. The lowest BCUT2D eigenvalue weighted by atomic mass is 9.98. The molecule has 8 heteroatoms. The van der Waals surface area contributed by atoms with Crippen LogP contribution in [-0.4, -0.2) is 35.2 Å². The first-order chi connectivity index (χ1) is 15.0. The molecule has 0 aliphatic heterocycles. The van der Waals surface area contributed by atoms with E-state index in [-0.39, 0.29) is 17.7 Å². The van der Waals surface area contributed by atoms with Crippen LogP contribution in [-0.2, 0) is 9.59 Å². The van der Waals surface area contributed by atoms with Crippen molar-refractivity contribution < 1.29 is 14.3 Å². The first-order valence-electron chi connectivity index (χ1n) is 11.1. The number of hydrogen-bond donors (Lipinski definition) is 2. The van der Waals surface area contributed by atoms with Crippen LogP contribution < -0.4 is 15.4 Å². The Bertz CT molecular complexity index is 822. The van der Waals surface area contributed by atoms with Crippen molar-refractivity contribution in [1.29, 1.82) is 0 Å². The van der Waals surface area contributed by atoms with Gasteiger partial charge in [-0.1, -0.05) is 64.2 Å². The van der Waals surface area contributed by atoms with Gasteiger partial charge in [0, 0.05) is 12.0 Å². The number of amides is 2. The molecule has 2 aromatic rings. The zero-order chi connectivity index (χ0) is 22.6. The highest BCUT2D eigenvalue weighted by Crippen LogP contribution is 2.28. The number of carbonyl (C=O) groups is 2. The van der Waals surface area contributed by atoms with Crippen LogP contribution in [0.1, 0.15) is 65.7 Å². The molecule has 2 amide bonds. The Morgan fingerprint density at radius 2 is 1.77 bits per heavy atom. The Hall–Kier alpha value is -2.48. The summed E-state index contributed by atoms with van der Waals surface area (Å²) in [7, 11) is 1.62. The minimum absolute atomic E-state index is 0.0121. The fraction of sp³-hybridized carbons (Fsp3) is 0.565. The number of anilines is 1. The number of benzene rings is 1. The predicted octanol–water partition coefficient (Wildman–Crippen LogP) is 5.04. The molecule has 0 bridgehead atoms. The summed E-state index contributed by atoms with van der Waals surface area (Å²) in [6, 6.07) is 6.90. The van der Waals surface area contributed by atoms with Crippen molar-refractivity contribution in [3.63, 3.8) is 0 Å². The highest BCUT2D eigenvalue weighted by Gasteiger charge is 2.26. The van der Waals surface area contributed by atoms with Crippen molar-refractivity contribution in [1.82, 2.24) is 15.5 Å². The van der Waals surface area contributed by atoms with E-state index in [0.29, 0.717) is 16.6 Å². The molecule has 0 radical (unpaired) electrons. The third-order valence-corrected chi connectivity index (χ3v) is 6.20. The lowest BCUT2D eigenvalue weighted by Gasteiger charge is -2.23. The number of aromatic nitrogens is 2. The Balaban J connectivity index is 1.95. The fourth-order valence-corrected chi connectivity index (χ4v) is 3.90. The summed E-state index contributed by atoms with van der Waals surface area (Å²) in [5, 5.41) is 15.1. The zero-order valence-corrected chi connectivity index (χ0v) is 19.8. The first kappa shape index (κ1) is 24.8. The van der Waals surface area contributed by atoms with Crippen LogP contribution >= 0.6 is 11.3 Å². The average Bonchev–Trinajstić information content (AvgIpc) is 3.25. The topological polar surface area (TPSA) is 93.2 Å². The van der Waals surface area contributed by atoms with E-state index in [1.807, 2.05) is 38.1 Å². The Morgan fingerprint density at radius 3 is 2.42 bits per heavy atom. The van der Waals surface area contributed by atoms with Gasteiger partial charge in [0.15, 0.2) is 0 Å². The van der Waals surface area contributed by atoms with E-state index in [1.54, 1.807) is 7.11 Å². The van der Waals surface area contributed by atoms with Crippen LogP contribution in [0.3, 0.4) is 0 Å². The van der Waals surface area contributed by atoms with E-state index < -0.39 is 6.04 Å². The fourth-order valence-electron chi connectivity index (χ4n) is 3.14. The molecule has 0 aliphatic carbocycles.